The maximum atomic E-state index is 12.2. The van der Waals surface area contributed by atoms with Crippen LogP contribution in [0.4, 0.5) is 0 Å². The van der Waals surface area contributed by atoms with Gasteiger partial charge in [-0.2, -0.15) is 0 Å². The van der Waals surface area contributed by atoms with Gasteiger partial charge in [-0.05, 0) is 19.3 Å². The maximum Gasteiger partial charge on any atom is 0.237 e. The van der Waals surface area contributed by atoms with Crippen LogP contribution in [-0.2, 0) is 9.59 Å². The number of nitrogens with one attached hydrogen (secondary N) is 1. The lowest BCUT2D eigenvalue weighted by molar-refractivity contribution is -0.140. The molecule has 1 aliphatic rings. The molecule has 3 N–H and O–H groups in total. The minimum atomic E-state index is -0.408. The van der Waals surface area contributed by atoms with E-state index in [1.165, 1.54) is 0 Å². The molecule has 0 bridgehead atoms. The summed E-state index contributed by atoms with van der Waals surface area (Å²) in [6.07, 6.45) is 3.25. The van der Waals surface area contributed by atoms with Crippen molar-refractivity contribution in [2.75, 3.05) is 13.1 Å². The van der Waals surface area contributed by atoms with Crippen LogP contribution in [0, 0.1) is 5.41 Å². The van der Waals surface area contributed by atoms with Crippen molar-refractivity contribution in [1.29, 1.82) is 0 Å². The molecule has 0 radical (unpaired) electrons. The molecule has 20 heavy (non-hydrogen) atoms. The van der Waals surface area contributed by atoms with E-state index < -0.39 is 6.04 Å². The third kappa shape index (κ3) is 4.78. The fourth-order valence-electron chi connectivity index (χ4n) is 2.45. The average molecular weight is 283 g/mol. The molecule has 1 rings (SSSR count). The summed E-state index contributed by atoms with van der Waals surface area (Å²) < 4.78 is 0. The van der Waals surface area contributed by atoms with Crippen LogP contribution in [0.25, 0.3) is 0 Å². The largest absolute Gasteiger partial charge is 0.352 e. The highest BCUT2D eigenvalue weighted by atomic mass is 16.2. The van der Waals surface area contributed by atoms with E-state index in [2.05, 4.69) is 5.32 Å². The highest BCUT2D eigenvalue weighted by Gasteiger charge is 2.31. The number of likely N-dealkylation sites (tertiary alicyclic amines) is 1. The summed E-state index contributed by atoms with van der Waals surface area (Å²) in [6, 6.07) is -0.260. The van der Waals surface area contributed by atoms with Crippen molar-refractivity contribution in [2.45, 2.75) is 65.5 Å². The molecule has 1 heterocycles. The predicted molar refractivity (Wildman–Crippen MR) is 80.1 cm³/mol. The Morgan fingerprint density at radius 1 is 1.30 bits per heavy atom. The summed E-state index contributed by atoms with van der Waals surface area (Å²) >= 11 is 0. The van der Waals surface area contributed by atoms with Gasteiger partial charge in [0.25, 0.3) is 0 Å². The van der Waals surface area contributed by atoms with Crippen LogP contribution >= 0.6 is 0 Å². The molecule has 1 aliphatic heterocycles. The van der Waals surface area contributed by atoms with E-state index in [1.807, 2.05) is 32.6 Å². The molecule has 116 valence electrons. The Labute approximate surface area is 122 Å². The lowest BCUT2D eigenvalue weighted by Gasteiger charge is -2.36. The van der Waals surface area contributed by atoms with Gasteiger partial charge in [0.1, 0.15) is 0 Å². The zero-order chi connectivity index (χ0) is 15.3. The van der Waals surface area contributed by atoms with Crippen molar-refractivity contribution in [2.24, 2.45) is 11.1 Å². The molecule has 2 amide bonds. The summed E-state index contributed by atoms with van der Waals surface area (Å²) in [5.74, 6) is 0.123. The Hall–Kier alpha value is -1.10. The highest BCUT2D eigenvalue weighted by molar-refractivity contribution is 5.82. The molecule has 0 aromatic heterocycles. The number of rotatable bonds is 4. The van der Waals surface area contributed by atoms with Gasteiger partial charge in [-0.15, -0.1) is 0 Å². The number of hydrogen-bond donors (Lipinski definition) is 2. The molecule has 0 aliphatic carbocycles. The first-order valence-corrected chi connectivity index (χ1v) is 7.61. The summed E-state index contributed by atoms with van der Waals surface area (Å²) in [5, 5.41) is 3.00. The van der Waals surface area contributed by atoms with E-state index in [4.69, 9.17) is 5.73 Å². The normalized spacial score (nSPS) is 18.8. The Morgan fingerprint density at radius 3 is 2.30 bits per heavy atom. The maximum absolute atomic E-state index is 12.2. The van der Waals surface area contributed by atoms with Crippen LogP contribution in [0.2, 0.25) is 0 Å². The fraction of sp³-hybridized carbons (Fsp3) is 0.867. The van der Waals surface area contributed by atoms with E-state index in [0.29, 0.717) is 19.5 Å². The van der Waals surface area contributed by atoms with Crippen LogP contribution in [0.3, 0.4) is 0 Å². The summed E-state index contributed by atoms with van der Waals surface area (Å²) in [6.45, 7) is 9.25. The van der Waals surface area contributed by atoms with E-state index in [1.54, 1.807) is 0 Å². The first kappa shape index (κ1) is 17.0. The number of nitrogens with two attached hydrogens (primary N) is 1. The molecular weight excluding hydrogens is 254 g/mol. The second-order valence-electron chi connectivity index (χ2n) is 6.72. The first-order valence-electron chi connectivity index (χ1n) is 7.61. The van der Waals surface area contributed by atoms with Crippen molar-refractivity contribution in [3.05, 3.63) is 0 Å². The zero-order valence-electron chi connectivity index (χ0n) is 13.2. The Balaban J connectivity index is 2.39. The molecule has 0 aromatic carbocycles. The first-order chi connectivity index (χ1) is 9.25. The van der Waals surface area contributed by atoms with E-state index in [0.717, 1.165) is 19.3 Å². The van der Waals surface area contributed by atoms with Gasteiger partial charge in [0.05, 0.1) is 6.04 Å². The zero-order valence-corrected chi connectivity index (χ0v) is 13.2. The molecule has 0 unspecified atom stereocenters. The van der Waals surface area contributed by atoms with Gasteiger partial charge < -0.3 is 16.0 Å². The van der Waals surface area contributed by atoms with Gasteiger partial charge in [0.2, 0.25) is 11.8 Å². The summed E-state index contributed by atoms with van der Waals surface area (Å²) in [7, 11) is 0. The van der Waals surface area contributed by atoms with Crippen LogP contribution in [-0.4, -0.2) is 41.9 Å². The second-order valence-corrected chi connectivity index (χ2v) is 6.72. The Kier molecular flexibility index (Phi) is 5.99. The number of nitrogens with zero attached hydrogens (tertiary/aromatic N) is 1. The monoisotopic (exact) mass is 283 g/mol. The number of piperidine rings is 1. The quantitative estimate of drug-likeness (QED) is 0.816. The van der Waals surface area contributed by atoms with E-state index >= 15 is 0 Å². The van der Waals surface area contributed by atoms with Crippen molar-refractivity contribution < 1.29 is 9.59 Å². The highest BCUT2D eigenvalue weighted by Crippen LogP contribution is 2.21. The van der Waals surface area contributed by atoms with Crippen LogP contribution in [0.15, 0.2) is 0 Å². The van der Waals surface area contributed by atoms with Crippen molar-refractivity contribution >= 4 is 11.8 Å². The van der Waals surface area contributed by atoms with Crippen molar-refractivity contribution in [1.82, 2.24) is 10.2 Å². The average Bonchev–Trinajstić information content (AvgIpc) is 2.38. The summed E-state index contributed by atoms with van der Waals surface area (Å²) in [5.41, 5.74) is 5.47. The topological polar surface area (TPSA) is 75.4 Å². The number of amides is 2. The van der Waals surface area contributed by atoms with Crippen molar-refractivity contribution in [3.63, 3.8) is 0 Å². The lowest BCUT2D eigenvalue weighted by Crippen LogP contribution is -2.51. The number of carbonyl (C=O) groups is 2. The summed E-state index contributed by atoms with van der Waals surface area (Å²) in [4.78, 5) is 25.9. The standard InChI is InChI=1S/C15H29N3O2/c1-5-6-12(16)13(19)17-11-7-9-18(10-8-11)14(20)15(2,3)4/h11-12H,5-10,16H2,1-4H3,(H,17,19)/t12-/m0/s1. The molecule has 1 fully saturated rings. The lowest BCUT2D eigenvalue weighted by atomic mass is 9.93. The molecular formula is C15H29N3O2. The predicted octanol–water partition coefficient (Wildman–Crippen LogP) is 1.27. The smallest absolute Gasteiger partial charge is 0.237 e. The van der Waals surface area contributed by atoms with E-state index in [-0.39, 0.29) is 23.3 Å². The Bertz CT molecular complexity index is 342. The second kappa shape index (κ2) is 7.07. The fourth-order valence-corrected chi connectivity index (χ4v) is 2.45. The molecule has 1 atom stereocenters. The SMILES string of the molecule is CCC[C@H](N)C(=O)NC1CCN(C(=O)C(C)(C)C)CC1. The molecule has 1 saturated heterocycles. The van der Waals surface area contributed by atoms with Gasteiger partial charge >= 0.3 is 0 Å². The Morgan fingerprint density at radius 2 is 1.85 bits per heavy atom. The minimum absolute atomic E-state index is 0.0625. The van der Waals surface area contributed by atoms with Gasteiger partial charge in [-0.1, -0.05) is 34.1 Å². The third-order valence-corrected chi connectivity index (χ3v) is 3.71. The van der Waals surface area contributed by atoms with Crippen molar-refractivity contribution in [3.8, 4) is 0 Å². The molecule has 5 nitrogen and oxygen atoms in total. The minimum Gasteiger partial charge on any atom is -0.352 e. The van der Waals surface area contributed by atoms with Gasteiger partial charge in [-0.25, -0.2) is 0 Å². The molecule has 0 aromatic rings. The third-order valence-electron chi connectivity index (χ3n) is 3.71. The number of hydrogen-bond acceptors (Lipinski definition) is 3. The number of carbonyl (C=O) groups excluding carboxylic acids is 2. The van der Waals surface area contributed by atoms with E-state index in [9.17, 15) is 9.59 Å². The van der Waals surface area contributed by atoms with Gasteiger partial charge in [0.15, 0.2) is 0 Å². The van der Waals surface area contributed by atoms with Crippen LogP contribution in [0.5, 0.6) is 0 Å². The molecule has 5 heteroatoms. The van der Waals surface area contributed by atoms with Gasteiger partial charge in [0, 0.05) is 24.5 Å². The van der Waals surface area contributed by atoms with Crippen LogP contribution < -0.4 is 11.1 Å². The van der Waals surface area contributed by atoms with Crippen LogP contribution in [0.1, 0.15) is 53.4 Å². The molecule has 0 saturated carbocycles. The molecule has 0 spiro atoms. The van der Waals surface area contributed by atoms with Gasteiger partial charge in [-0.3, -0.25) is 9.59 Å².